The van der Waals surface area contributed by atoms with E-state index in [1.807, 2.05) is 6.92 Å². The third kappa shape index (κ3) is 2.88. The van der Waals surface area contributed by atoms with E-state index in [-0.39, 0.29) is 11.4 Å². The minimum absolute atomic E-state index is 0.0228. The highest BCUT2D eigenvalue weighted by Crippen LogP contribution is 2.50. The van der Waals surface area contributed by atoms with Crippen LogP contribution in [0.4, 0.5) is 0 Å². The third-order valence-corrected chi connectivity index (χ3v) is 4.14. The Kier molecular flexibility index (Phi) is 3.98. The van der Waals surface area contributed by atoms with Gasteiger partial charge in [-0.1, -0.05) is 32.6 Å². The van der Waals surface area contributed by atoms with E-state index < -0.39 is 5.60 Å². The molecule has 0 aromatic heterocycles. The van der Waals surface area contributed by atoms with E-state index in [2.05, 4.69) is 38.6 Å². The molecule has 1 aromatic carbocycles. The zero-order valence-corrected chi connectivity index (χ0v) is 13.6. The average molecular weight is 288 g/mol. The maximum atomic E-state index is 12.0. The molecular formula is C18H24O3. The summed E-state index contributed by atoms with van der Waals surface area (Å²) in [6.07, 6.45) is 0.769. The van der Waals surface area contributed by atoms with Gasteiger partial charge >= 0.3 is 5.97 Å². The highest BCUT2D eigenvalue weighted by Gasteiger charge is 2.47. The number of hydrogen-bond donors (Lipinski definition) is 0. The van der Waals surface area contributed by atoms with Crippen molar-refractivity contribution in [3.05, 3.63) is 47.0 Å². The number of esters is 1. The molecule has 3 nitrogen and oxygen atoms in total. The highest BCUT2D eigenvalue weighted by atomic mass is 16.6. The third-order valence-electron chi connectivity index (χ3n) is 4.14. The van der Waals surface area contributed by atoms with Crippen molar-refractivity contribution in [3.63, 3.8) is 0 Å². The van der Waals surface area contributed by atoms with Crippen LogP contribution in [0, 0.1) is 0 Å². The second-order valence-electron chi connectivity index (χ2n) is 6.77. The van der Waals surface area contributed by atoms with Crippen molar-refractivity contribution in [3.8, 4) is 0 Å². The molecule has 1 aliphatic carbocycles. The molecule has 0 bridgehead atoms. The number of ether oxygens (including phenoxy) is 2. The fourth-order valence-electron chi connectivity index (χ4n) is 3.29. The topological polar surface area (TPSA) is 35.5 Å². The maximum absolute atomic E-state index is 12.0. The summed E-state index contributed by atoms with van der Waals surface area (Å²) in [4.78, 5) is 12.0. The molecule has 114 valence electrons. The van der Waals surface area contributed by atoms with Crippen molar-refractivity contribution in [1.82, 2.24) is 0 Å². The Morgan fingerprint density at radius 3 is 2.52 bits per heavy atom. The van der Waals surface area contributed by atoms with E-state index in [9.17, 15) is 4.79 Å². The van der Waals surface area contributed by atoms with Crippen LogP contribution in [0.25, 0.3) is 0 Å². The van der Waals surface area contributed by atoms with Gasteiger partial charge in [-0.2, -0.15) is 0 Å². The van der Waals surface area contributed by atoms with Crippen molar-refractivity contribution in [1.29, 1.82) is 0 Å². The fourth-order valence-corrected chi connectivity index (χ4v) is 3.29. The smallest absolute Gasteiger partial charge is 0.333 e. The summed E-state index contributed by atoms with van der Waals surface area (Å²) in [5, 5.41) is 0. The van der Waals surface area contributed by atoms with Gasteiger partial charge in [0.05, 0.1) is 6.61 Å². The molecule has 3 heteroatoms. The Morgan fingerprint density at radius 2 is 1.95 bits per heavy atom. The molecule has 0 amide bonds. The molecule has 1 unspecified atom stereocenters. The predicted molar refractivity (Wildman–Crippen MR) is 83.1 cm³/mol. The number of rotatable bonds is 4. The van der Waals surface area contributed by atoms with Crippen LogP contribution in [0.5, 0.6) is 0 Å². The number of hydrogen-bond acceptors (Lipinski definition) is 3. The SMILES string of the molecule is C=C(C)C(=O)OC1(C)CC(C)(C)c2ccc(COC)cc21. The normalized spacial score (nSPS) is 22.7. The molecular weight excluding hydrogens is 264 g/mol. The summed E-state index contributed by atoms with van der Waals surface area (Å²) in [7, 11) is 1.68. The first-order valence-corrected chi connectivity index (χ1v) is 7.21. The zero-order valence-electron chi connectivity index (χ0n) is 13.6. The van der Waals surface area contributed by atoms with E-state index in [4.69, 9.17) is 9.47 Å². The molecule has 0 radical (unpaired) electrons. The number of carbonyl (C=O) groups excluding carboxylic acids is 1. The molecule has 1 aliphatic rings. The lowest BCUT2D eigenvalue weighted by molar-refractivity contribution is -0.154. The summed E-state index contributed by atoms with van der Waals surface area (Å²) < 4.78 is 11.0. The molecule has 1 aromatic rings. The second-order valence-corrected chi connectivity index (χ2v) is 6.77. The lowest BCUT2D eigenvalue weighted by Gasteiger charge is -2.28. The molecule has 0 heterocycles. The standard InChI is InChI=1S/C18H24O3/c1-12(2)16(19)21-18(5)11-17(3,4)14-8-7-13(10-20-6)9-15(14)18/h7-9H,1,10-11H2,2-6H3. The molecule has 2 rings (SSSR count). The Labute approximate surface area is 127 Å². The van der Waals surface area contributed by atoms with Gasteiger partial charge in [0.15, 0.2) is 0 Å². The quantitative estimate of drug-likeness (QED) is 0.623. The monoisotopic (exact) mass is 288 g/mol. The van der Waals surface area contributed by atoms with E-state index in [1.165, 1.54) is 5.56 Å². The molecule has 1 atom stereocenters. The van der Waals surface area contributed by atoms with Crippen LogP contribution in [-0.2, 0) is 31.9 Å². The second kappa shape index (κ2) is 5.30. The zero-order chi connectivity index (χ0) is 15.8. The first-order chi connectivity index (χ1) is 9.69. The van der Waals surface area contributed by atoms with Gasteiger partial charge in [-0.3, -0.25) is 0 Å². The van der Waals surface area contributed by atoms with Gasteiger partial charge in [0.25, 0.3) is 0 Å². The van der Waals surface area contributed by atoms with E-state index in [0.717, 1.165) is 17.5 Å². The van der Waals surface area contributed by atoms with E-state index in [0.29, 0.717) is 12.2 Å². The fraction of sp³-hybridized carbons (Fsp3) is 0.500. The molecule has 0 aliphatic heterocycles. The summed E-state index contributed by atoms with van der Waals surface area (Å²) in [5.41, 5.74) is 3.20. The van der Waals surface area contributed by atoms with Crippen molar-refractivity contribution in [2.45, 2.75) is 51.7 Å². The summed E-state index contributed by atoms with van der Waals surface area (Å²) >= 11 is 0. The average Bonchev–Trinajstić information content (AvgIpc) is 2.56. The van der Waals surface area contributed by atoms with Gasteiger partial charge in [-0.25, -0.2) is 4.79 Å². The van der Waals surface area contributed by atoms with Gasteiger partial charge < -0.3 is 9.47 Å². The molecule has 0 fully saturated rings. The van der Waals surface area contributed by atoms with E-state index in [1.54, 1.807) is 14.0 Å². The Hall–Kier alpha value is -1.61. The first kappa shape index (κ1) is 15.8. The van der Waals surface area contributed by atoms with Crippen molar-refractivity contribution < 1.29 is 14.3 Å². The minimum Gasteiger partial charge on any atom is -0.451 e. The highest BCUT2D eigenvalue weighted by molar-refractivity contribution is 5.87. The van der Waals surface area contributed by atoms with Gasteiger partial charge in [-0.15, -0.1) is 0 Å². The minimum atomic E-state index is -0.612. The number of carbonyl (C=O) groups is 1. The van der Waals surface area contributed by atoms with Crippen LogP contribution in [0.3, 0.4) is 0 Å². The van der Waals surface area contributed by atoms with Crippen molar-refractivity contribution in [2.24, 2.45) is 0 Å². The summed E-state index contributed by atoms with van der Waals surface area (Å²) in [5.74, 6) is -0.335. The number of fused-ring (bicyclic) bond motifs is 1. The lowest BCUT2D eigenvalue weighted by atomic mass is 9.85. The largest absolute Gasteiger partial charge is 0.451 e. The molecule has 21 heavy (non-hydrogen) atoms. The van der Waals surface area contributed by atoms with Gasteiger partial charge in [0.2, 0.25) is 0 Å². The van der Waals surface area contributed by atoms with Crippen molar-refractivity contribution in [2.75, 3.05) is 7.11 Å². The Bertz CT molecular complexity index is 586. The maximum Gasteiger partial charge on any atom is 0.333 e. The van der Waals surface area contributed by atoms with Crippen LogP contribution in [0.1, 0.15) is 50.8 Å². The van der Waals surface area contributed by atoms with Gasteiger partial charge in [0.1, 0.15) is 5.60 Å². The molecule has 0 saturated heterocycles. The van der Waals surface area contributed by atoms with Crippen LogP contribution in [-0.4, -0.2) is 13.1 Å². The van der Waals surface area contributed by atoms with Crippen LogP contribution >= 0.6 is 0 Å². The van der Waals surface area contributed by atoms with Crippen LogP contribution in [0.15, 0.2) is 30.4 Å². The van der Waals surface area contributed by atoms with Crippen molar-refractivity contribution >= 4 is 5.97 Å². The van der Waals surface area contributed by atoms with Crippen LogP contribution < -0.4 is 0 Å². The summed E-state index contributed by atoms with van der Waals surface area (Å²) in [6, 6.07) is 6.30. The Morgan fingerprint density at radius 1 is 1.29 bits per heavy atom. The van der Waals surface area contributed by atoms with Crippen LogP contribution in [0.2, 0.25) is 0 Å². The lowest BCUT2D eigenvalue weighted by Crippen LogP contribution is -2.29. The Balaban J connectivity index is 2.46. The van der Waals surface area contributed by atoms with E-state index >= 15 is 0 Å². The number of methoxy groups -OCH3 is 1. The summed E-state index contributed by atoms with van der Waals surface area (Å²) in [6.45, 7) is 12.3. The van der Waals surface area contributed by atoms with Gasteiger partial charge in [0, 0.05) is 19.1 Å². The molecule has 0 N–H and O–H groups in total. The predicted octanol–water partition coefficient (Wildman–Crippen LogP) is 3.85. The first-order valence-electron chi connectivity index (χ1n) is 7.21. The molecule has 0 saturated carbocycles. The van der Waals surface area contributed by atoms with Gasteiger partial charge in [-0.05, 0) is 42.0 Å². The number of benzene rings is 1. The molecule has 0 spiro atoms.